The molecule has 1 saturated carbocycles. The van der Waals surface area contributed by atoms with E-state index in [-0.39, 0.29) is 5.91 Å². The van der Waals surface area contributed by atoms with Crippen LogP contribution < -0.4 is 5.32 Å². The third-order valence-electron chi connectivity index (χ3n) is 2.84. The van der Waals surface area contributed by atoms with Crippen molar-refractivity contribution in [2.75, 3.05) is 12.4 Å². The van der Waals surface area contributed by atoms with Gasteiger partial charge in [-0.05, 0) is 18.3 Å². The van der Waals surface area contributed by atoms with Crippen LogP contribution in [0.2, 0.25) is 0 Å². The topological polar surface area (TPSA) is 29.1 Å². The standard InChI is InChI=1S/C10H18ClNO/c1-10(5-2-3-6-10)8-12-9(13)4-7-11/h2-8H2,1H3,(H,12,13). The molecule has 76 valence electrons. The van der Waals surface area contributed by atoms with Crippen LogP contribution in [0.25, 0.3) is 0 Å². The van der Waals surface area contributed by atoms with Gasteiger partial charge in [-0.1, -0.05) is 19.8 Å². The average Bonchev–Trinajstić information content (AvgIpc) is 2.51. The molecule has 13 heavy (non-hydrogen) atoms. The van der Waals surface area contributed by atoms with Crippen molar-refractivity contribution in [3.8, 4) is 0 Å². The van der Waals surface area contributed by atoms with E-state index in [1.807, 2.05) is 0 Å². The van der Waals surface area contributed by atoms with Gasteiger partial charge in [-0.3, -0.25) is 4.79 Å². The summed E-state index contributed by atoms with van der Waals surface area (Å²) in [5.74, 6) is 0.505. The normalized spacial score (nSPS) is 20.2. The Morgan fingerprint density at radius 3 is 2.62 bits per heavy atom. The summed E-state index contributed by atoms with van der Waals surface area (Å²) in [5, 5.41) is 2.94. The minimum atomic E-state index is 0.0862. The molecule has 0 radical (unpaired) electrons. The fourth-order valence-corrected chi connectivity index (χ4v) is 2.06. The summed E-state index contributed by atoms with van der Waals surface area (Å²) in [6.07, 6.45) is 5.55. The lowest BCUT2D eigenvalue weighted by atomic mass is 9.89. The van der Waals surface area contributed by atoms with Gasteiger partial charge in [0.25, 0.3) is 0 Å². The van der Waals surface area contributed by atoms with Gasteiger partial charge in [0, 0.05) is 18.8 Å². The molecule has 0 heterocycles. The van der Waals surface area contributed by atoms with Gasteiger partial charge in [-0.25, -0.2) is 0 Å². The molecule has 1 rings (SSSR count). The summed E-state index contributed by atoms with van der Waals surface area (Å²) in [6, 6.07) is 0. The van der Waals surface area contributed by atoms with Crippen LogP contribution in [0.4, 0.5) is 0 Å². The molecule has 0 aromatic carbocycles. The molecular weight excluding hydrogens is 186 g/mol. The monoisotopic (exact) mass is 203 g/mol. The van der Waals surface area contributed by atoms with E-state index in [9.17, 15) is 4.79 Å². The molecule has 0 aromatic rings. The number of hydrogen-bond acceptors (Lipinski definition) is 1. The van der Waals surface area contributed by atoms with Crippen LogP contribution in [0.1, 0.15) is 39.0 Å². The summed E-state index contributed by atoms with van der Waals surface area (Å²) < 4.78 is 0. The Morgan fingerprint density at radius 1 is 1.46 bits per heavy atom. The number of carbonyl (C=O) groups is 1. The molecule has 1 aliphatic carbocycles. The van der Waals surface area contributed by atoms with Crippen molar-refractivity contribution in [3.05, 3.63) is 0 Å². The molecule has 0 bridgehead atoms. The van der Waals surface area contributed by atoms with Crippen molar-refractivity contribution in [3.63, 3.8) is 0 Å². The zero-order valence-electron chi connectivity index (χ0n) is 8.24. The minimum Gasteiger partial charge on any atom is -0.356 e. The molecule has 0 spiro atoms. The van der Waals surface area contributed by atoms with Gasteiger partial charge in [0.2, 0.25) is 5.91 Å². The van der Waals surface area contributed by atoms with Crippen LogP contribution in [-0.4, -0.2) is 18.3 Å². The SMILES string of the molecule is CC1(CNC(=O)CCCl)CCCC1. The maximum atomic E-state index is 11.1. The maximum absolute atomic E-state index is 11.1. The Balaban J connectivity index is 2.21. The van der Waals surface area contributed by atoms with Crippen molar-refractivity contribution in [2.45, 2.75) is 39.0 Å². The van der Waals surface area contributed by atoms with E-state index in [1.165, 1.54) is 25.7 Å². The lowest BCUT2D eigenvalue weighted by Gasteiger charge is -2.23. The van der Waals surface area contributed by atoms with Gasteiger partial charge in [0.1, 0.15) is 0 Å². The lowest BCUT2D eigenvalue weighted by molar-refractivity contribution is -0.121. The molecular formula is C10H18ClNO. The van der Waals surface area contributed by atoms with Crippen molar-refractivity contribution in [1.29, 1.82) is 0 Å². The second kappa shape index (κ2) is 4.85. The van der Waals surface area contributed by atoms with Crippen molar-refractivity contribution >= 4 is 17.5 Å². The largest absolute Gasteiger partial charge is 0.356 e. The fourth-order valence-electron chi connectivity index (χ4n) is 1.89. The van der Waals surface area contributed by atoms with E-state index in [0.29, 0.717) is 17.7 Å². The van der Waals surface area contributed by atoms with E-state index in [0.717, 1.165) is 6.54 Å². The molecule has 0 atom stereocenters. The number of rotatable bonds is 4. The average molecular weight is 204 g/mol. The lowest BCUT2D eigenvalue weighted by Crippen LogP contribution is -2.34. The first-order chi connectivity index (χ1) is 6.16. The van der Waals surface area contributed by atoms with E-state index < -0.39 is 0 Å². The third-order valence-corrected chi connectivity index (χ3v) is 3.03. The third kappa shape index (κ3) is 3.55. The van der Waals surface area contributed by atoms with Gasteiger partial charge in [-0.15, -0.1) is 11.6 Å². The first-order valence-corrected chi connectivity index (χ1v) is 5.52. The Bertz CT molecular complexity index is 176. The summed E-state index contributed by atoms with van der Waals surface area (Å²) in [7, 11) is 0. The first-order valence-electron chi connectivity index (χ1n) is 4.99. The minimum absolute atomic E-state index is 0.0862. The van der Waals surface area contributed by atoms with Crippen molar-refractivity contribution in [2.24, 2.45) is 5.41 Å². The molecule has 0 aromatic heterocycles. The van der Waals surface area contributed by atoms with Gasteiger partial charge in [-0.2, -0.15) is 0 Å². The molecule has 0 aliphatic heterocycles. The molecule has 0 unspecified atom stereocenters. The highest BCUT2D eigenvalue weighted by Gasteiger charge is 2.28. The Hall–Kier alpha value is -0.240. The highest BCUT2D eigenvalue weighted by atomic mass is 35.5. The van der Waals surface area contributed by atoms with Crippen LogP contribution >= 0.6 is 11.6 Å². The van der Waals surface area contributed by atoms with E-state index in [2.05, 4.69) is 12.2 Å². The Morgan fingerprint density at radius 2 is 2.08 bits per heavy atom. The smallest absolute Gasteiger partial charge is 0.221 e. The van der Waals surface area contributed by atoms with Crippen molar-refractivity contribution in [1.82, 2.24) is 5.32 Å². The van der Waals surface area contributed by atoms with Crippen LogP contribution in [0.15, 0.2) is 0 Å². The highest BCUT2D eigenvalue weighted by molar-refractivity contribution is 6.18. The molecule has 1 fully saturated rings. The van der Waals surface area contributed by atoms with E-state index in [4.69, 9.17) is 11.6 Å². The quantitative estimate of drug-likeness (QED) is 0.699. The second-order valence-corrected chi connectivity index (χ2v) is 4.61. The predicted molar refractivity (Wildman–Crippen MR) is 54.9 cm³/mol. The second-order valence-electron chi connectivity index (χ2n) is 4.23. The first kappa shape index (κ1) is 10.8. The summed E-state index contributed by atoms with van der Waals surface area (Å²) >= 11 is 5.47. The number of alkyl halides is 1. The van der Waals surface area contributed by atoms with Crippen LogP contribution in [-0.2, 0) is 4.79 Å². The molecule has 0 saturated heterocycles. The Kier molecular flexibility index (Phi) is 4.04. The molecule has 1 aliphatic rings. The number of hydrogen-bond donors (Lipinski definition) is 1. The van der Waals surface area contributed by atoms with Gasteiger partial charge < -0.3 is 5.32 Å². The summed E-state index contributed by atoms with van der Waals surface area (Å²) in [6.45, 7) is 3.07. The van der Waals surface area contributed by atoms with Gasteiger partial charge in [0.15, 0.2) is 0 Å². The predicted octanol–water partition coefficient (Wildman–Crippen LogP) is 2.31. The zero-order valence-corrected chi connectivity index (χ0v) is 8.99. The van der Waals surface area contributed by atoms with Gasteiger partial charge in [0.05, 0.1) is 0 Å². The van der Waals surface area contributed by atoms with Crippen molar-refractivity contribution < 1.29 is 4.79 Å². The zero-order chi connectivity index (χ0) is 9.73. The molecule has 1 amide bonds. The molecule has 3 heteroatoms. The van der Waals surface area contributed by atoms with Crippen LogP contribution in [0.3, 0.4) is 0 Å². The maximum Gasteiger partial charge on any atom is 0.221 e. The molecule has 2 nitrogen and oxygen atoms in total. The number of carbonyl (C=O) groups excluding carboxylic acids is 1. The highest BCUT2D eigenvalue weighted by Crippen LogP contribution is 2.36. The van der Waals surface area contributed by atoms with Gasteiger partial charge >= 0.3 is 0 Å². The summed E-state index contributed by atoms with van der Waals surface area (Å²) in [4.78, 5) is 11.1. The van der Waals surface area contributed by atoms with Crippen LogP contribution in [0, 0.1) is 5.41 Å². The summed E-state index contributed by atoms with van der Waals surface area (Å²) in [5.41, 5.74) is 0.349. The number of nitrogens with one attached hydrogen (secondary N) is 1. The Labute approximate surface area is 85.0 Å². The molecule has 1 N–H and O–H groups in total. The fraction of sp³-hybridized carbons (Fsp3) is 0.900. The van der Waals surface area contributed by atoms with Crippen LogP contribution in [0.5, 0.6) is 0 Å². The van der Waals surface area contributed by atoms with E-state index >= 15 is 0 Å². The van der Waals surface area contributed by atoms with E-state index in [1.54, 1.807) is 0 Å². The number of halogens is 1. The number of amides is 1.